The molecule has 176 valence electrons. The van der Waals surface area contributed by atoms with Gasteiger partial charge >= 0.3 is 6.09 Å². The molecule has 1 heterocycles. The highest BCUT2D eigenvalue weighted by atomic mass is 32.1. The number of aliphatic hydroxyl groups is 1. The maximum Gasteiger partial charge on any atom is 0.422 e. The van der Waals surface area contributed by atoms with Gasteiger partial charge in [0.1, 0.15) is 5.60 Å². The smallest absolute Gasteiger partial charge is 0.422 e. The van der Waals surface area contributed by atoms with Crippen molar-refractivity contribution in [2.24, 2.45) is 5.73 Å². The van der Waals surface area contributed by atoms with Gasteiger partial charge in [0.05, 0.1) is 16.5 Å². The Morgan fingerprint density at radius 1 is 1.15 bits per heavy atom. The number of aliphatic hydroxyl groups excluding tert-OH is 1. The van der Waals surface area contributed by atoms with Crippen molar-refractivity contribution >= 4 is 17.4 Å². The Labute approximate surface area is 199 Å². The van der Waals surface area contributed by atoms with E-state index in [0.717, 1.165) is 21.6 Å². The highest BCUT2D eigenvalue weighted by Crippen LogP contribution is 2.23. The third kappa shape index (κ3) is 8.25. The molecule has 0 saturated carbocycles. The summed E-state index contributed by atoms with van der Waals surface area (Å²) in [5.41, 5.74) is 13.3. The maximum absolute atomic E-state index is 12.4. The highest BCUT2D eigenvalue weighted by Gasteiger charge is 2.23. The molecule has 0 aliphatic heterocycles. The average Bonchev–Trinajstić information content (AvgIpc) is 3.28. The number of hydrazine groups is 1. The van der Waals surface area contributed by atoms with Crippen LogP contribution in [0, 0.1) is 0 Å². The average molecular weight is 469 g/mol. The minimum Gasteiger partial charge on any atom is -0.443 e. The van der Waals surface area contributed by atoms with Gasteiger partial charge < -0.3 is 15.6 Å². The van der Waals surface area contributed by atoms with E-state index in [0.29, 0.717) is 13.0 Å². The molecule has 0 radical (unpaired) electrons. The molecule has 2 aromatic carbocycles. The van der Waals surface area contributed by atoms with Crippen LogP contribution in [0.4, 0.5) is 4.79 Å². The van der Waals surface area contributed by atoms with Crippen molar-refractivity contribution in [1.29, 1.82) is 0 Å². The van der Waals surface area contributed by atoms with Gasteiger partial charge in [-0.25, -0.2) is 9.80 Å². The van der Waals surface area contributed by atoms with E-state index in [-0.39, 0.29) is 6.54 Å². The SMILES string of the molecule is CC(C)(C)OC(=O)NN(Cc1ccc(-c2cncs2)cc1)C[C@H](O)[C@@H](N)Cc1ccccc1. The van der Waals surface area contributed by atoms with Crippen LogP contribution in [-0.2, 0) is 17.7 Å². The molecular weight excluding hydrogens is 436 g/mol. The summed E-state index contributed by atoms with van der Waals surface area (Å²) in [5.74, 6) is 0. The first-order chi connectivity index (χ1) is 15.7. The molecule has 3 rings (SSSR count). The van der Waals surface area contributed by atoms with E-state index in [9.17, 15) is 9.90 Å². The molecule has 0 bridgehead atoms. The lowest BCUT2D eigenvalue weighted by molar-refractivity contribution is 0.0171. The fourth-order valence-corrected chi connectivity index (χ4v) is 3.95. The summed E-state index contributed by atoms with van der Waals surface area (Å²) >= 11 is 1.58. The summed E-state index contributed by atoms with van der Waals surface area (Å²) < 4.78 is 5.40. The third-order valence-electron chi connectivity index (χ3n) is 4.91. The van der Waals surface area contributed by atoms with Crippen LogP contribution in [0.5, 0.6) is 0 Å². The number of nitrogens with one attached hydrogen (secondary N) is 1. The van der Waals surface area contributed by atoms with Crippen molar-refractivity contribution in [1.82, 2.24) is 15.4 Å². The zero-order valence-electron chi connectivity index (χ0n) is 19.3. The van der Waals surface area contributed by atoms with Crippen molar-refractivity contribution in [2.45, 2.75) is 51.5 Å². The molecule has 4 N–H and O–H groups in total. The summed E-state index contributed by atoms with van der Waals surface area (Å²) in [4.78, 5) is 17.6. The molecule has 0 fully saturated rings. The van der Waals surface area contributed by atoms with Gasteiger partial charge in [-0.15, -0.1) is 11.3 Å². The molecule has 33 heavy (non-hydrogen) atoms. The number of benzene rings is 2. The monoisotopic (exact) mass is 468 g/mol. The zero-order chi connectivity index (χ0) is 23.8. The summed E-state index contributed by atoms with van der Waals surface area (Å²) in [6.07, 6.45) is 0.941. The normalized spacial score (nSPS) is 13.5. The third-order valence-corrected chi connectivity index (χ3v) is 5.73. The van der Waals surface area contributed by atoms with Gasteiger partial charge in [-0.1, -0.05) is 54.6 Å². The standard InChI is InChI=1S/C25H32N4O3S/c1-25(2,3)32-24(31)28-29(16-22(30)21(26)13-18-7-5-4-6-8-18)15-19-9-11-20(12-10-19)23-14-27-17-33-23/h4-12,14,17,21-22,30H,13,15-16,26H2,1-3H3,(H,28,31)/t21-,22-/m0/s1. The van der Waals surface area contributed by atoms with Gasteiger partial charge in [-0.2, -0.15) is 0 Å². The van der Waals surface area contributed by atoms with Crippen LogP contribution in [0.15, 0.2) is 66.3 Å². The first-order valence-corrected chi connectivity index (χ1v) is 11.8. The summed E-state index contributed by atoms with van der Waals surface area (Å²) in [6.45, 7) is 5.96. The second-order valence-electron chi connectivity index (χ2n) is 8.98. The van der Waals surface area contributed by atoms with Crippen LogP contribution < -0.4 is 11.2 Å². The molecule has 7 nitrogen and oxygen atoms in total. The van der Waals surface area contributed by atoms with E-state index < -0.39 is 23.8 Å². The first-order valence-electron chi connectivity index (χ1n) is 10.9. The number of nitrogens with zero attached hydrogens (tertiary/aromatic N) is 2. The Balaban J connectivity index is 1.67. The molecule has 8 heteroatoms. The van der Waals surface area contributed by atoms with Gasteiger partial charge in [-0.05, 0) is 43.9 Å². The Hall–Kier alpha value is -2.78. The van der Waals surface area contributed by atoms with Gasteiger partial charge in [-0.3, -0.25) is 10.4 Å². The Morgan fingerprint density at radius 3 is 2.45 bits per heavy atom. The molecule has 3 aromatic rings. The van der Waals surface area contributed by atoms with Crippen LogP contribution in [0.2, 0.25) is 0 Å². The Bertz CT molecular complexity index is 989. The molecule has 0 spiro atoms. The predicted molar refractivity (Wildman–Crippen MR) is 131 cm³/mol. The van der Waals surface area contributed by atoms with Crippen molar-refractivity contribution in [3.8, 4) is 10.4 Å². The molecular formula is C25H32N4O3S. The number of amides is 1. The largest absolute Gasteiger partial charge is 0.443 e. The number of carbonyl (C=O) groups is 1. The van der Waals surface area contributed by atoms with Crippen LogP contribution in [-0.4, -0.2) is 45.5 Å². The number of thiazole rings is 1. The molecule has 1 amide bonds. The van der Waals surface area contributed by atoms with E-state index in [1.54, 1.807) is 42.6 Å². The molecule has 2 atom stereocenters. The van der Waals surface area contributed by atoms with Crippen molar-refractivity contribution < 1.29 is 14.6 Å². The molecule has 0 aliphatic rings. The van der Waals surface area contributed by atoms with Crippen LogP contribution >= 0.6 is 11.3 Å². The van der Waals surface area contributed by atoms with E-state index >= 15 is 0 Å². The number of ether oxygens (including phenoxy) is 1. The second kappa shape index (κ2) is 11.4. The van der Waals surface area contributed by atoms with Crippen LogP contribution in [0.25, 0.3) is 10.4 Å². The fraction of sp³-hybridized carbons (Fsp3) is 0.360. The van der Waals surface area contributed by atoms with Gasteiger partial charge in [0.2, 0.25) is 0 Å². The number of rotatable bonds is 9. The van der Waals surface area contributed by atoms with Crippen molar-refractivity contribution in [2.75, 3.05) is 6.54 Å². The number of nitrogens with two attached hydrogens (primary N) is 1. The minimum absolute atomic E-state index is 0.157. The van der Waals surface area contributed by atoms with Crippen LogP contribution in [0.3, 0.4) is 0 Å². The number of aromatic nitrogens is 1. The van der Waals surface area contributed by atoms with Gasteiger partial charge in [0, 0.05) is 25.3 Å². The minimum atomic E-state index is -0.850. The maximum atomic E-state index is 12.4. The van der Waals surface area contributed by atoms with E-state index in [1.165, 1.54) is 0 Å². The topological polar surface area (TPSA) is 101 Å². The zero-order valence-corrected chi connectivity index (χ0v) is 20.1. The molecule has 0 unspecified atom stereocenters. The number of carbonyl (C=O) groups excluding carboxylic acids is 1. The lowest BCUT2D eigenvalue weighted by Crippen LogP contribution is -2.51. The Morgan fingerprint density at radius 2 is 1.85 bits per heavy atom. The number of hydrogen-bond donors (Lipinski definition) is 3. The Kier molecular flexibility index (Phi) is 8.57. The molecule has 0 saturated heterocycles. The quantitative estimate of drug-likeness (QED) is 0.411. The van der Waals surface area contributed by atoms with Crippen LogP contribution in [0.1, 0.15) is 31.9 Å². The fourth-order valence-electron chi connectivity index (χ4n) is 3.32. The van der Waals surface area contributed by atoms with Crippen molar-refractivity contribution in [3.05, 3.63) is 77.4 Å². The van der Waals surface area contributed by atoms with Gasteiger partial charge in [0.25, 0.3) is 0 Å². The van der Waals surface area contributed by atoms with E-state index in [4.69, 9.17) is 10.5 Å². The second-order valence-corrected chi connectivity index (χ2v) is 9.86. The lowest BCUT2D eigenvalue weighted by Gasteiger charge is -2.29. The summed E-state index contributed by atoms with van der Waals surface area (Å²) in [5, 5.41) is 12.4. The number of hydrogen-bond acceptors (Lipinski definition) is 7. The first kappa shape index (κ1) is 24.9. The molecule has 0 aliphatic carbocycles. The predicted octanol–water partition coefficient (Wildman–Crippen LogP) is 3.98. The van der Waals surface area contributed by atoms with E-state index in [1.807, 2.05) is 60.8 Å². The van der Waals surface area contributed by atoms with Gasteiger partial charge in [0.15, 0.2) is 0 Å². The lowest BCUT2D eigenvalue weighted by atomic mass is 10.0. The summed E-state index contributed by atoms with van der Waals surface area (Å²) in [7, 11) is 0. The highest BCUT2D eigenvalue weighted by molar-refractivity contribution is 7.13. The van der Waals surface area contributed by atoms with E-state index in [2.05, 4.69) is 10.4 Å². The summed E-state index contributed by atoms with van der Waals surface area (Å²) in [6, 6.07) is 17.3. The van der Waals surface area contributed by atoms with Crippen molar-refractivity contribution in [3.63, 3.8) is 0 Å². The molecule has 1 aromatic heterocycles.